The van der Waals surface area contributed by atoms with Gasteiger partial charge in [0.2, 0.25) is 0 Å². The Morgan fingerprint density at radius 3 is 2.58 bits per heavy atom. The van der Waals surface area contributed by atoms with E-state index >= 15 is 0 Å². The largest absolute Gasteiger partial charge is 0.497 e. The van der Waals surface area contributed by atoms with Gasteiger partial charge in [-0.3, -0.25) is 19.7 Å². The molecule has 0 atom stereocenters. The van der Waals surface area contributed by atoms with Crippen molar-refractivity contribution in [1.82, 2.24) is 9.78 Å². The average Bonchev–Trinajstić information content (AvgIpc) is 2.84. The number of aromatic nitrogens is 2. The van der Waals surface area contributed by atoms with Crippen LogP contribution < -0.4 is 15.2 Å². The monoisotopic (exact) mass is 450 g/mol. The number of nitro benzene ring substituents is 1. The number of nitro groups is 1. The molecule has 10 nitrogen and oxygen atoms in total. The second kappa shape index (κ2) is 9.21. The molecule has 1 saturated heterocycles. The van der Waals surface area contributed by atoms with Gasteiger partial charge in [-0.2, -0.15) is 9.78 Å². The van der Waals surface area contributed by atoms with Gasteiger partial charge in [0, 0.05) is 30.4 Å². The standard InChI is InChI=1S/C23H22N4O6/c1-15(28)19-14-20(16-4-3-5-18(12-16)32-2)24-26(23(19)29)22-13-17(6-7-21(22)27(30)31)25-8-10-33-11-9-25/h3-7,12-14H,8-11H2,1-2H3. The van der Waals surface area contributed by atoms with Crippen LogP contribution in [-0.4, -0.2) is 53.9 Å². The Labute approximate surface area is 189 Å². The zero-order valence-corrected chi connectivity index (χ0v) is 18.2. The third-order valence-electron chi connectivity index (χ3n) is 5.42. The molecule has 33 heavy (non-hydrogen) atoms. The fourth-order valence-corrected chi connectivity index (χ4v) is 3.69. The van der Waals surface area contributed by atoms with Gasteiger partial charge in [-0.1, -0.05) is 12.1 Å². The zero-order chi connectivity index (χ0) is 23.5. The summed E-state index contributed by atoms with van der Waals surface area (Å²) in [4.78, 5) is 38.7. The summed E-state index contributed by atoms with van der Waals surface area (Å²) < 4.78 is 11.6. The summed E-state index contributed by atoms with van der Waals surface area (Å²) in [6.45, 7) is 3.56. The number of nitrogens with zero attached hydrogens (tertiary/aromatic N) is 4. The number of anilines is 1. The normalized spacial score (nSPS) is 13.6. The molecule has 0 aliphatic carbocycles. The van der Waals surface area contributed by atoms with Gasteiger partial charge in [-0.25, -0.2) is 0 Å². The molecule has 0 saturated carbocycles. The highest BCUT2D eigenvalue weighted by Gasteiger charge is 2.23. The molecule has 0 bridgehead atoms. The lowest BCUT2D eigenvalue weighted by Crippen LogP contribution is -2.36. The predicted octanol–water partition coefficient (Wildman–Crippen LogP) is 2.86. The van der Waals surface area contributed by atoms with E-state index in [4.69, 9.17) is 9.47 Å². The number of ketones is 1. The summed E-state index contributed by atoms with van der Waals surface area (Å²) >= 11 is 0. The summed E-state index contributed by atoms with van der Waals surface area (Å²) in [7, 11) is 1.52. The number of methoxy groups -OCH3 is 1. The molecule has 0 N–H and O–H groups in total. The van der Waals surface area contributed by atoms with Gasteiger partial charge in [-0.15, -0.1) is 0 Å². The first-order chi connectivity index (χ1) is 15.9. The van der Waals surface area contributed by atoms with E-state index < -0.39 is 16.3 Å². The smallest absolute Gasteiger partial charge is 0.295 e. The Morgan fingerprint density at radius 1 is 1.15 bits per heavy atom. The van der Waals surface area contributed by atoms with Gasteiger partial charge >= 0.3 is 0 Å². The number of Topliss-reactive ketones (excluding diaryl/α,β-unsaturated/α-hetero) is 1. The second-order valence-electron chi connectivity index (χ2n) is 7.48. The first-order valence-corrected chi connectivity index (χ1v) is 10.3. The minimum Gasteiger partial charge on any atom is -0.497 e. The first kappa shape index (κ1) is 22.2. The minimum atomic E-state index is -0.726. The van der Waals surface area contributed by atoms with Gasteiger partial charge in [-0.05, 0) is 37.3 Å². The first-order valence-electron chi connectivity index (χ1n) is 10.3. The van der Waals surface area contributed by atoms with Crippen LogP contribution in [0.3, 0.4) is 0 Å². The highest BCUT2D eigenvalue weighted by molar-refractivity contribution is 5.94. The second-order valence-corrected chi connectivity index (χ2v) is 7.48. The van der Waals surface area contributed by atoms with Crippen molar-refractivity contribution in [2.45, 2.75) is 6.92 Å². The molecular weight excluding hydrogens is 428 g/mol. The van der Waals surface area contributed by atoms with E-state index in [2.05, 4.69) is 5.10 Å². The van der Waals surface area contributed by atoms with Crippen LogP contribution in [0.25, 0.3) is 16.9 Å². The van der Waals surface area contributed by atoms with Crippen LogP contribution >= 0.6 is 0 Å². The lowest BCUT2D eigenvalue weighted by molar-refractivity contribution is -0.384. The quantitative estimate of drug-likeness (QED) is 0.320. The molecule has 3 aromatic rings. The summed E-state index contributed by atoms with van der Waals surface area (Å²) in [5.74, 6) is 0.101. The van der Waals surface area contributed by atoms with Crippen LogP contribution in [-0.2, 0) is 4.74 Å². The molecule has 0 amide bonds. The van der Waals surface area contributed by atoms with E-state index in [9.17, 15) is 19.7 Å². The van der Waals surface area contributed by atoms with E-state index in [1.54, 1.807) is 36.4 Å². The number of ether oxygens (including phenoxy) is 2. The molecule has 0 unspecified atom stereocenters. The van der Waals surface area contributed by atoms with Crippen LogP contribution in [0.4, 0.5) is 11.4 Å². The molecule has 0 radical (unpaired) electrons. The number of carbonyl (C=O) groups is 1. The maximum Gasteiger partial charge on any atom is 0.295 e. The van der Waals surface area contributed by atoms with Crippen molar-refractivity contribution < 1.29 is 19.2 Å². The summed E-state index contributed by atoms with van der Waals surface area (Å²) in [5.41, 5.74) is 0.455. The van der Waals surface area contributed by atoms with Crippen LogP contribution in [0.15, 0.2) is 53.3 Å². The molecule has 1 aromatic heterocycles. The van der Waals surface area contributed by atoms with Crippen LogP contribution in [0, 0.1) is 10.1 Å². The van der Waals surface area contributed by atoms with Crippen LogP contribution in [0.2, 0.25) is 0 Å². The van der Waals surface area contributed by atoms with E-state index in [0.29, 0.717) is 49.0 Å². The SMILES string of the molecule is COc1cccc(-c2cc(C(C)=O)c(=O)n(-c3cc(N4CCOCC4)ccc3[N+](=O)[O-])n2)c1. The van der Waals surface area contributed by atoms with E-state index in [0.717, 1.165) is 4.68 Å². The topological polar surface area (TPSA) is 117 Å². The lowest BCUT2D eigenvalue weighted by Gasteiger charge is -2.29. The maximum absolute atomic E-state index is 13.2. The van der Waals surface area contributed by atoms with Crippen LogP contribution in [0.5, 0.6) is 5.75 Å². The van der Waals surface area contributed by atoms with Crippen molar-refractivity contribution in [2.24, 2.45) is 0 Å². The third kappa shape index (κ3) is 4.46. The zero-order valence-electron chi connectivity index (χ0n) is 18.2. The van der Waals surface area contributed by atoms with E-state index in [-0.39, 0.29) is 16.9 Å². The average molecular weight is 450 g/mol. The number of hydrogen-bond acceptors (Lipinski definition) is 8. The molecule has 4 rings (SSSR count). The van der Waals surface area contributed by atoms with Gasteiger partial charge in [0.1, 0.15) is 11.4 Å². The number of carbonyl (C=O) groups excluding carboxylic acids is 1. The van der Waals surface area contributed by atoms with Crippen LogP contribution in [0.1, 0.15) is 17.3 Å². The van der Waals surface area contributed by atoms with Crippen molar-refractivity contribution in [3.05, 3.63) is 74.6 Å². The Kier molecular flexibility index (Phi) is 6.18. The summed E-state index contributed by atoms with van der Waals surface area (Å²) in [6, 6.07) is 12.9. The van der Waals surface area contributed by atoms with Gasteiger partial charge in [0.15, 0.2) is 5.78 Å². The number of rotatable bonds is 6. The van der Waals surface area contributed by atoms with E-state index in [1.165, 1.54) is 26.2 Å². The van der Waals surface area contributed by atoms with Gasteiger partial charge < -0.3 is 14.4 Å². The molecule has 1 aliphatic heterocycles. The Bertz CT molecular complexity index is 1280. The maximum atomic E-state index is 13.2. The minimum absolute atomic E-state index is 0.0127. The molecule has 2 aromatic carbocycles. The van der Waals surface area contributed by atoms with Gasteiger partial charge in [0.25, 0.3) is 11.2 Å². The molecule has 1 aliphatic rings. The highest BCUT2D eigenvalue weighted by atomic mass is 16.6. The molecular formula is C23H22N4O6. The molecule has 1 fully saturated rings. The van der Waals surface area contributed by atoms with E-state index in [1.807, 2.05) is 4.90 Å². The number of hydrogen-bond donors (Lipinski definition) is 0. The Balaban J connectivity index is 1.95. The Morgan fingerprint density at radius 2 is 1.91 bits per heavy atom. The highest BCUT2D eigenvalue weighted by Crippen LogP contribution is 2.29. The fourth-order valence-electron chi connectivity index (χ4n) is 3.69. The lowest BCUT2D eigenvalue weighted by atomic mass is 10.1. The van der Waals surface area contributed by atoms with Crippen molar-refractivity contribution in [3.8, 4) is 22.7 Å². The fraction of sp³-hybridized carbons (Fsp3) is 0.261. The molecule has 170 valence electrons. The molecule has 0 spiro atoms. The van der Waals surface area contributed by atoms with Crippen molar-refractivity contribution >= 4 is 17.2 Å². The molecule has 2 heterocycles. The summed E-state index contributed by atoms with van der Waals surface area (Å²) in [5, 5.41) is 16.2. The number of benzene rings is 2. The summed E-state index contributed by atoms with van der Waals surface area (Å²) in [6.07, 6.45) is 0. The van der Waals surface area contributed by atoms with Crippen molar-refractivity contribution in [2.75, 3.05) is 38.3 Å². The third-order valence-corrected chi connectivity index (χ3v) is 5.42. The van der Waals surface area contributed by atoms with Crippen molar-refractivity contribution in [3.63, 3.8) is 0 Å². The molecule has 10 heteroatoms. The predicted molar refractivity (Wildman–Crippen MR) is 122 cm³/mol. The van der Waals surface area contributed by atoms with Crippen molar-refractivity contribution in [1.29, 1.82) is 0 Å². The van der Waals surface area contributed by atoms with Gasteiger partial charge in [0.05, 0.1) is 36.5 Å². The Hall–Kier alpha value is -4.05. The number of morpholine rings is 1.